The Morgan fingerprint density at radius 1 is 1.15 bits per heavy atom. The Morgan fingerprint density at radius 2 is 1.97 bits per heavy atom. The zero-order chi connectivity index (χ0) is 23.9. The third kappa shape index (κ3) is 4.92. The highest BCUT2D eigenvalue weighted by Crippen LogP contribution is 2.33. The average molecular weight is 459 g/mol. The molecule has 0 aromatic carbocycles. The van der Waals surface area contributed by atoms with Crippen LogP contribution in [0.15, 0.2) is 54.9 Å². The van der Waals surface area contributed by atoms with Crippen molar-refractivity contribution in [3.63, 3.8) is 0 Å². The Bertz CT molecular complexity index is 1210. The van der Waals surface area contributed by atoms with E-state index < -0.39 is 0 Å². The maximum Gasteiger partial charge on any atom is 0.269 e. The van der Waals surface area contributed by atoms with Gasteiger partial charge in [0, 0.05) is 50.5 Å². The van der Waals surface area contributed by atoms with E-state index in [0.29, 0.717) is 18.9 Å². The molecule has 3 aromatic heterocycles. The average Bonchev–Trinajstić information content (AvgIpc) is 2.90. The summed E-state index contributed by atoms with van der Waals surface area (Å²) in [6.07, 6.45) is 10.6. The van der Waals surface area contributed by atoms with Gasteiger partial charge >= 0.3 is 0 Å². The van der Waals surface area contributed by atoms with Gasteiger partial charge in [0.1, 0.15) is 22.7 Å². The van der Waals surface area contributed by atoms with Crippen molar-refractivity contribution in [2.45, 2.75) is 13.3 Å². The quantitative estimate of drug-likeness (QED) is 0.524. The standard InChI is InChI=1S/C26H30N6O2/c1-4-5-6-7-21(27-2)25-24-19(10-11-29-25)20(16-23(31-24)32-12-14-34-15-13-32)18-8-9-22(30-17-18)26(33)28-3/h5-11,16-17,27H,4,12-15H2,1-3H3,(H,28,33)/b6-5-,21-7-. The maximum absolute atomic E-state index is 12.0. The molecule has 0 radical (unpaired) electrons. The van der Waals surface area contributed by atoms with Crippen molar-refractivity contribution in [3.05, 3.63) is 66.3 Å². The Labute approximate surface area is 199 Å². The van der Waals surface area contributed by atoms with Crippen molar-refractivity contribution in [1.29, 1.82) is 0 Å². The van der Waals surface area contributed by atoms with E-state index in [4.69, 9.17) is 9.72 Å². The van der Waals surface area contributed by atoms with Gasteiger partial charge in [-0.1, -0.05) is 25.1 Å². The first-order chi connectivity index (χ1) is 16.7. The summed E-state index contributed by atoms with van der Waals surface area (Å²) in [6, 6.07) is 7.74. The number of carbonyl (C=O) groups is 1. The number of hydrogen-bond acceptors (Lipinski definition) is 7. The minimum atomic E-state index is -0.212. The van der Waals surface area contributed by atoms with Crippen LogP contribution >= 0.6 is 0 Å². The number of allylic oxidation sites excluding steroid dienone is 3. The van der Waals surface area contributed by atoms with Crippen LogP contribution in [0, 0.1) is 0 Å². The van der Waals surface area contributed by atoms with E-state index in [1.165, 1.54) is 0 Å². The van der Waals surface area contributed by atoms with Crippen molar-refractivity contribution in [2.75, 3.05) is 45.3 Å². The SMILES string of the molecule is CC/C=C\C=C(/NC)c1nccc2c(-c3ccc(C(=O)NC)nc3)cc(N3CCOCC3)nc12. The lowest BCUT2D eigenvalue weighted by molar-refractivity contribution is 0.0958. The predicted molar refractivity (Wildman–Crippen MR) is 136 cm³/mol. The third-order valence-corrected chi connectivity index (χ3v) is 5.74. The number of amides is 1. The largest absolute Gasteiger partial charge is 0.386 e. The number of nitrogens with zero attached hydrogens (tertiary/aromatic N) is 4. The van der Waals surface area contributed by atoms with Crippen molar-refractivity contribution in [1.82, 2.24) is 25.6 Å². The summed E-state index contributed by atoms with van der Waals surface area (Å²) in [5, 5.41) is 6.85. The highest BCUT2D eigenvalue weighted by atomic mass is 16.5. The van der Waals surface area contributed by atoms with Crippen molar-refractivity contribution < 1.29 is 9.53 Å². The Hall–Kier alpha value is -3.78. The molecule has 1 fully saturated rings. The number of fused-ring (bicyclic) bond motifs is 1. The molecular weight excluding hydrogens is 428 g/mol. The van der Waals surface area contributed by atoms with Gasteiger partial charge in [0.05, 0.1) is 18.9 Å². The number of anilines is 1. The summed E-state index contributed by atoms with van der Waals surface area (Å²) < 4.78 is 5.55. The van der Waals surface area contributed by atoms with Crippen LogP contribution in [-0.2, 0) is 4.74 Å². The van der Waals surface area contributed by atoms with Crippen LogP contribution in [0.5, 0.6) is 0 Å². The van der Waals surface area contributed by atoms with Crippen LogP contribution in [0.2, 0.25) is 0 Å². The van der Waals surface area contributed by atoms with E-state index in [1.807, 2.05) is 31.3 Å². The number of morpholine rings is 1. The molecule has 3 aromatic rings. The molecule has 1 saturated heterocycles. The monoisotopic (exact) mass is 458 g/mol. The second kappa shape index (κ2) is 10.9. The molecule has 2 N–H and O–H groups in total. The van der Waals surface area contributed by atoms with Crippen LogP contribution in [0.4, 0.5) is 5.82 Å². The fraction of sp³-hybridized carbons (Fsp3) is 0.308. The molecule has 1 amide bonds. The molecule has 0 unspecified atom stereocenters. The lowest BCUT2D eigenvalue weighted by atomic mass is 10.0. The van der Waals surface area contributed by atoms with Gasteiger partial charge in [-0.2, -0.15) is 0 Å². The number of aromatic nitrogens is 3. The summed E-state index contributed by atoms with van der Waals surface area (Å²) >= 11 is 0. The normalized spacial score (nSPS) is 14.6. The molecule has 1 aliphatic rings. The molecule has 0 saturated carbocycles. The molecule has 0 aliphatic carbocycles. The molecule has 1 aliphatic heterocycles. The number of pyridine rings is 3. The van der Waals surface area contributed by atoms with E-state index in [0.717, 1.165) is 58.7 Å². The first kappa shape index (κ1) is 23.4. The van der Waals surface area contributed by atoms with Gasteiger partial charge in [0.25, 0.3) is 5.91 Å². The number of rotatable bonds is 7. The van der Waals surface area contributed by atoms with Gasteiger partial charge < -0.3 is 20.3 Å². The van der Waals surface area contributed by atoms with E-state index in [2.05, 4.69) is 44.6 Å². The van der Waals surface area contributed by atoms with Crippen molar-refractivity contribution in [3.8, 4) is 11.1 Å². The maximum atomic E-state index is 12.0. The summed E-state index contributed by atoms with van der Waals surface area (Å²) in [5.74, 6) is 0.658. The first-order valence-corrected chi connectivity index (χ1v) is 11.5. The van der Waals surface area contributed by atoms with Gasteiger partial charge in [0.2, 0.25) is 0 Å². The minimum absolute atomic E-state index is 0.212. The van der Waals surface area contributed by atoms with Gasteiger partial charge in [-0.05, 0) is 36.3 Å². The Morgan fingerprint density at radius 3 is 2.65 bits per heavy atom. The molecule has 0 atom stereocenters. The number of ether oxygens (including phenoxy) is 1. The lowest BCUT2D eigenvalue weighted by Gasteiger charge is -2.28. The van der Waals surface area contributed by atoms with Gasteiger partial charge in [0.15, 0.2) is 0 Å². The fourth-order valence-electron chi connectivity index (χ4n) is 3.93. The molecule has 176 valence electrons. The van der Waals surface area contributed by atoms with Gasteiger partial charge in [-0.25, -0.2) is 4.98 Å². The van der Waals surface area contributed by atoms with Crippen LogP contribution in [-0.4, -0.2) is 61.3 Å². The van der Waals surface area contributed by atoms with E-state index >= 15 is 0 Å². The molecule has 34 heavy (non-hydrogen) atoms. The zero-order valence-electron chi connectivity index (χ0n) is 19.8. The van der Waals surface area contributed by atoms with Crippen molar-refractivity contribution >= 4 is 28.3 Å². The van der Waals surface area contributed by atoms with Gasteiger partial charge in [-0.15, -0.1) is 0 Å². The number of carbonyl (C=O) groups excluding carboxylic acids is 1. The highest BCUT2D eigenvalue weighted by molar-refractivity contribution is 6.00. The fourth-order valence-corrected chi connectivity index (χ4v) is 3.93. The Kier molecular flexibility index (Phi) is 7.49. The molecule has 8 heteroatoms. The molecule has 4 heterocycles. The smallest absolute Gasteiger partial charge is 0.269 e. The van der Waals surface area contributed by atoms with Crippen LogP contribution in [0.1, 0.15) is 29.5 Å². The van der Waals surface area contributed by atoms with Crippen LogP contribution in [0.3, 0.4) is 0 Å². The topological polar surface area (TPSA) is 92.3 Å². The molecule has 0 bridgehead atoms. The van der Waals surface area contributed by atoms with E-state index in [9.17, 15) is 4.79 Å². The molecule has 8 nitrogen and oxygen atoms in total. The van der Waals surface area contributed by atoms with Gasteiger partial charge in [-0.3, -0.25) is 14.8 Å². The summed E-state index contributed by atoms with van der Waals surface area (Å²) in [7, 11) is 3.49. The van der Waals surface area contributed by atoms with Crippen LogP contribution < -0.4 is 15.5 Å². The summed E-state index contributed by atoms with van der Waals surface area (Å²) in [6.45, 7) is 4.98. The lowest BCUT2D eigenvalue weighted by Crippen LogP contribution is -2.36. The molecule has 0 spiro atoms. The third-order valence-electron chi connectivity index (χ3n) is 5.74. The summed E-state index contributed by atoms with van der Waals surface area (Å²) in [4.78, 5) is 28.3. The minimum Gasteiger partial charge on any atom is -0.386 e. The second-order valence-electron chi connectivity index (χ2n) is 7.86. The van der Waals surface area contributed by atoms with Crippen LogP contribution in [0.25, 0.3) is 27.7 Å². The number of hydrogen-bond donors (Lipinski definition) is 2. The Balaban J connectivity index is 1.91. The zero-order valence-corrected chi connectivity index (χ0v) is 19.8. The number of nitrogens with one attached hydrogen (secondary N) is 2. The second-order valence-corrected chi connectivity index (χ2v) is 7.86. The van der Waals surface area contributed by atoms with E-state index in [1.54, 1.807) is 25.5 Å². The molecule has 4 rings (SSSR count). The highest BCUT2D eigenvalue weighted by Gasteiger charge is 2.19. The van der Waals surface area contributed by atoms with Crippen molar-refractivity contribution in [2.24, 2.45) is 0 Å². The summed E-state index contributed by atoms with van der Waals surface area (Å²) in [5.41, 5.74) is 4.76. The predicted octanol–water partition coefficient (Wildman–Crippen LogP) is 3.41. The molecular formula is C26H30N6O2. The van der Waals surface area contributed by atoms with E-state index in [-0.39, 0.29) is 5.91 Å². The first-order valence-electron chi connectivity index (χ1n) is 11.5.